The van der Waals surface area contributed by atoms with E-state index in [2.05, 4.69) is 15.5 Å². The van der Waals surface area contributed by atoms with E-state index in [1.807, 2.05) is 7.05 Å². The van der Waals surface area contributed by atoms with Crippen LogP contribution in [0.25, 0.3) is 0 Å². The van der Waals surface area contributed by atoms with Gasteiger partial charge in [-0.1, -0.05) is 12.8 Å². The van der Waals surface area contributed by atoms with Crippen LogP contribution in [0.15, 0.2) is 23.1 Å². The normalized spacial score (nSPS) is 14.9. The summed E-state index contributed by atoms with van der Waals surface area (Å²) in [5.74, 6) is -1.55. The number of hydrogen-bond donors (Lipinski definition) is 2. The zero-order valence-electron chi connectivity index (χ0n) is 13.7. The highest BCUT2D eigenvalue weighted by atomic mass is 16.2. The van der Waals surface area contributed by atoms with Crippen molar-refractivity contribution in [3.63, 3.8) is 0 Å². The van der Waals surface area contributed by atoms with Crippen molar-refractivity contribution in [1.29, 1.82) is 0 Å². The van der Waals surface area contributed by atoms with E-state index in [9.17, 15) is 14.4 Å². The van der Waals surface area contributed by atoms with Gasteiger partial charge in [-0.25, -0.2) is 0 Å². The number of nitrogens with one attached hydrogen (secondary N) is 2. The molecule has 0 atom stereocenters. The molecule has 1 heterocycles. The van der Waals surface area contributed by atoms with Gasteiger partial charge in [0.15, 0.2) is 0 Å². The van der Waals surface area contributed by atoms with E-state index < -0.39 is 11.8 Å². The monoisotopic (exact) mass is 320 g/mol. The molecule has 1 aromatic heterocycles. The summed E-state index contributed by atoms with van der Waals surface area (Å²) >= 11 is 0. The zero-order valence-corrected chi connectivity index (χ0v) is 13.7. The van der Waals surface area contributed by atoms with Crippen LogP contribution in [-0.2, 0) is 16.6 Å². The lowest BCUT2D eigenvalue weighted by atomic mass is 10.2. The van der Waals surface area contributed by atoms with Crippen LogP contribution in [0.2, 0.25) is 0 Å². The first kappa shape index (κ1) is 17.2. The lowest BCUT2D eigenvalue weighted by Gasteiger charge is -2.23. The van der Waals surface area contributed by atoms with Gasteiger partial charge >= 0.3 is 11.8 Å². The summed E-state index contributed by atoms with van der Waals surface area (Å²) in [6.07, 6.45) is 6.49. The minimum absolute atomic E-state index is 0.0956. The average molecular weight is 320 g/mol. The maximum atomic E-state index is 11.8. The molecule has 2 rings (SSSR count). The summed E-state index contributed by atoms with van der Waals surface area (Å²) in [7, 11) is 3.62. The van der Waals surface area contributed by atoms with Crippen LogP contribution in [0.3, 0.4) is 0 Å². The Morgan fingerprint density at radius 3 is 2.70 bits per heavy atom. The fourth-order valence-corrected chi connectivity index (χ4v) is 2.83. The Hall–Kier alpha value is -2.15. The first-order chi connectivity index (χ1) is 11.0. The number of aryl methyl sites for hydroxylation is 1. The van der Waals surface area contributed by atoms with Crippen molar-refractivity contribution in [1.82, 2.24) is 14.8 Å². The molecule has 0 saturated heterocycles. The SMILES string of the molecule is CN(CCNC(=O)C(=O)Nc1cccn(C)c1=O)C1CCCC1. The van der Waals surface area contributed by atoms with Gasteiger partial charge in [0.05, 0.1) is 0 Å². The molecule has 23 heavy (non-hydrogen) atoms. The van der Waals surface area contributed by atoms with E-state index in [0.717, 1.165) is 0 Å². The number of amides is 2. The zero-order chi connectivity index (χ0) is 16.8. The van der Waals surface area contributed by atoms with Crippen molar-refractivity contribution in [3.05, 3.63) is 28.7 Å². The Bertz CT molecular complexity index is 620. The van der Waals surface area contributed by atoms with Crippen molar-refractivity contribution in [2.75, 3.05) is 25.5 Å². The van der Waals surface area contributed by atoms with Crippen LogP contribution >= 0.6 is 0 Å². The van der Waals surface area contributed by atoms with Crippen molar-refractivity contribution in [2.45, 2.75) is 31.7 Å². The molecule has 0 aromatic carbocycles. The summed E-state index contributed by atoms with van der Waals surface area (Å²) < 4.78 is 1.34. The number of rotatable bonds is 5. The van der Waals surface area contributed by atoms with E-state index in [0.29, 0.717) is 19.1 Å². The second-order valence-electron chi connectivity index (χ2n) is 5.97. The van der Waals surface area contributed by atoms with Gasteiger partial charge in [0.1, 0.15) is 5.69 Å². The topological polar surface area (TPSA) is 83.4 Å². The number of pyridine rings is 1. The van der Waals surface area contributed by atoms with Crippen LogP contribution in [0.1, 0.15) is 25.7 Å². The van der Waals surface area contributed by atoms with Crippen LogP contribution in [0.5, 0.6) is 0 Å². The van der Waals surface area contributed by atoms with Gasteiger partial charge in [0.2, 0.25) is 0 Å². The second-order valence-corrected chi connectivity index (χ2v) is 5.97. The molecule has 7 nitrogen and oxygen atoms in total. The van der Waals surface area contributed by atoms with Gasteiger partial charge in [-0.2, -0.15) is 0 Å². The molecular weight excluding hydrogens is 296 g/mol. The van der Waals surface area contributed by atoms with Gasteiger partial charge in [-0.15, -0.1) is 0 Å². The number of carbonyl (C=O) groups excluding carboxylic acids is 2. The van der Waals surface area contributed by atoms with Gasteiger partial charge < -0.3 is 20.1 Å². The Balaban J connectivity index is 1.77. The molecule has 7 heteroatoms. The Labute approximate surface area is 135 Å². The minimum atomic E-state index is -0.822. The Kier molecular flexibility index (Phi) is 5.92. The summed E-state index contributed by atoms with van der Waals surface area (Å²) in [6, 6.07) is 3.68. The highest BCUT2D eigenvalue weighted by Gasteiger charge is 2.20. The third-order valence-corrected chi connectivity index (χ3v) is 4.28. The van der Waals surface area contributed by atoms with Crippen LogP contribution in [0, 0.1) is 0 Å². The highest BCUT2D eigenvalue weighted by Crippen LogP contribution is 2.21. The van der Waals surface area contributed by atoms with E-state index >= 15 is 0 Å². The molecule has 0 radical (unpaired) electrons. The lowest BCUT2D eigenvalue weighted by molar-refractivity contribution is -0.136. The van der Waals surface area contributed by atoms with Crippen LogP contribution < -0.4 is 16.2 Å². The predicted octanol–water partition coefficient (Wildman–Crippen LogP) is 0.314. The third kappa shape index (κ3) is 4.66. The number of nitrogens with zero attached hydrogens (tertiary/aromatic N) is 2. The molecule has 1 aliphatic carbocycles. The number of anilines is 1. The fourth-order valence-electron chi connectivity index (χ4n) is 2.83. The van der Waals surface area contributed by atoms with Gasteiger partial charge in [-0.3, -0.25) is 14.4 Å². The predicted molar refractivity (Wildman–Crippen MR) is 88.2 cm³/mol. The molecule has 1 fully saturated rings. The molecule has 0 unspecified atom stereocenters. The summed E-state index contributed by atoms with van der Waals surface area (Å²) in [5.41, 5.74) is -0.257. The van der Waals surface area contributed by atoms with Crippen molar-refractivity contribution < 1.29 is 9.59 Å². The molecule has 2 N–H and O–H groups in total. The van der Waals surface area contributed by atoms with Crippen LogP contribution in [-0.4, -0.2) is 47.5 Å². The van der Waals surface area contributed by atoms with Crippen molar-refractivity contribution in [3.8, 4) is 0 Å². The molecule has 2 amide bonds. The molecule has 0 aliphatic heterocycles. The Morgan fingerprint density at radius 2 is 2.00 bits per heavy atom. The summed E-state index contributed by atoms with van der Waals surface area (Å²) in [6.45, 7) is 1.11. The highest BCUT2D eigenvalue weighted by molar-refractivity contribution is 6.39. The van der Waals surface area contributed by atoms with E-state index in [-0.39, 0.29) is 11.2 Å². The summed E-state index contributed by atoms with van der Waals surface area (Å²) in [5, 5.41) is 4.94. The van der Waals surface area contributed by atoms with Crippen molar-refractivity contribution in [2.24, 2.45) is 7.05 Å². The average Bonchev–Trinajstić information content (AvgIpc) is 3.06. The second kappa shape index (κ2) is 7.92. The largest absolute Gasteiger partial charge is 0.347 e. The van der Waals surface area contributed by atoms with E-state index in [1.165, 1.54) is 36.3 Å². The molecule has 0 spiro atoms. The minimum Gasteiger partial charge on any atom is -0.347 e. The van der Waals surface area contributed by atoms with Gasteiger partial charge in [-0.05, 0) is 32.0 Å². The molecule has 0 bridgehead atoms. The maximum Gasteiger partial charge on any atom is 0.313 e. The van der Waals surface area contributed by atoms with Crippen molar-refractivity contribution >= 4 is 17.5 Å². The number of carbonyl (C=O) groups is 2. The molecule has 1 aromatic rings. The molecular formula is C16H24N4O3. The first-order valence-electron chi connectivity index (χ1n) is 7.94. The molecule has 1 saturated carbocycles. The first-order valence-corrected chi connectivity index (χ1v) is 7.94. The van der Waals surface area contributed by atoms with Crippen LogP contribution in [0.4, 0.5) is 5.69 Å². The standard InChI is InChI=1S/C16H24N4O3/c1-19(12-6-3-4-7-12)11-9-17-14(21)15(22)18-13-8-5-10-20(2)16(13)23/h5,8,10,12H,3-4,6-7,9,11H2,1-2H3,(H,17,21)(H,18,22). The molecule has 126 valence electrons. The van der Waals surface area contributed by atoms with Gasteiger partial charge in [0.25, 0.3) is 5.56 Å². The number of likely N-dealkylation sites (N-methyl/N-ethyl adjacent to an activating group) is 1. The lowest BCUT2D eigenvalue weighted by Crippen LogP contribution is -2.42. The van der Waals surface area contributed by atoms with Gasteiger partial charge in [0, 0.05) is 32.4 Å². The quantitative estimate of drug-likeness (QED) is 0.765. The van der Waals surface area contributed by atoms with E-state index in [4.69, 9.17) is 0 Å². The molecule has 1 aliphatic rings. The fraction of sp³-hybridized carbons (Fsp3) is 0.562. The summed E-state index contributed by atoms with van der Waals surface area (Å²) in [4.78, 5) is 37.6. The van der Waals surface area contributed by atoms with E-state index in [1.54, 1.807) is 19.3 Å². The Morgan fingerprint density at radius 1 is 1.30 bits per heavy atom. The number of hydrogen-bond acceptors (Lipinski definition) is 4. The smallest absolute Gasteiger partial charge is 0.313 e. The third-order valence-electron chi connectivity index (χ3n) is 4.28. The number of aromatic nitrogens is 1. The maximum absolute atomic E-state index is 11.8.